The molecule has 2 unspecified atom stereocenters. The highest BCUT2D eigenvalue weighted by molar-refractivity contribution is 6.13. The summed E-state index contributed by atoms with van der Waals surface area (Å²) < 4.78 is 11.2. The number of anilines is 1. The van der Waals surface area contributed by atoms with Crippen molar-refractivity contribution in [3.63, 3.8) is 0 Å². The average Bonchev–Trinajstić information content (AvgIpc) is 3.46. The third-order valence-corrected chi connectivity index (χ3v) is 8.57. The summed E-state index contributed by atoms with van der Waals surface area (Å²) in [4.78, 5) is 48.5. The van der Waals surface area contributed by atoms with Gasteiger partial charge in [-0.1, -0.05) is 66.7 Å². The minimum absolute atomic E-state index is 0.101. The molecule has 6 rings (SSSR count). The first-order valence-corrected chi connectivity index (χ1v) is 15.5. The average molecular weight is 620 g/mol. The lowest BCUT2D eigenvalue weighted by molar-refractivity contribution is -0.151. The van der Waals surface area contributed by atoms with Crippen molar-refractivity contribution >= 4 is 40.3 Å². The van der Waals surface area contributed by atoms with E-state index in [9.17, 15) is 14.4 Å². The van der Waals surface area contributed by atoms with Crippen molar-refractivity contribution in [3.8, 4) is 0 Å². The van der Waals surface area contributed by atoms with Gasteiger partial charge in [0.1, 0.15) is 24.6 Å². The lowest BCUT2D eigenvalue weighted by Crippen LogP contribution is -2.53. The number of amides is 2. The molecule has 10 nitrogen and oxygen atoms in total. The van der Waals surface area contributed by atoms with Gasteiger partial charge >= 0.3 is 12.1 Å². The highest BCUT2D eigenvalue weighted by Gasteiger charge is 2.35. The molecule has 10 heteroatoms. The number of nitrogens with two attached hydrogens (primary N) is 1. The number of rotatable bonds is 9. The molecule has 0 saturated carbocycles. The molecule has 0 spiro atoms. The van der Waals surface area contributed by atoms with E-state index in [-0.39, 0.29) is 30.6 Å². The molecule has 2 heterocycles. The zero-order valence-corrected chi connectivity index (χ0v) is 25.7. The molecule has 2 amide bonds. The summed E-state index contributed by atoms with van der Waals surface area (Å²) in [6.45, 7) is 6.14. The van der Waals surface area contributed by atoms with Gasteiger partial charge in [-0.15, -0.1) is 0 Å². The summed E-state index contributed by atoms with van der Waals surface area (Å²) in [6.07, 6.45) is -0.684. The quantitative estimate of drug-likeness (QED) is 0.166. The van der Waals surface area contributed by atoms with Gasteiger partial charge in [0, 0.05) is 49.5 Å². The van der Waals surface area contributed by atoms with E-state index in [2.05, 4.69) is 14.8 Å². The standard InChI is InChI=1S/C36H37N5O5/c1-25(35(43)45-24-26-8-3-2-4-9-26)40-20-18-39(19-21-40)22-30-23-41(36(44)46-30)29-16-14-28(15-17-29)33(37)38-34(42)32-13-7-11-27-10-5-6-12-31(27)32/h2-17,25,30H,18-24H2,1H3,(H2,37,38,42). The molecular weight excluding hydrogens is 582 g/mol. The number of fused-ring (bicyclic) bond motifs is 1. The zero-order chi connectivity index (χ0) is 32.0. The van der Waals surface area contributed by atoms with Crippen LogP contribution in [-0.4, -0.2) is 85.0 Å². The summed E-state index contributed by atoms with van der Waals surface area (Å²) in [7, 11) is 0. The third kappa shape index (κ3) is 7.09. The van der Waals surface area contributed by atoms with Crippen molar-refractivity contribution in [1.82, 2.24) is 9.80 Å². The van der Waals surface area contributed by atoms with Crippen LogP contribution in [0.25, 0.3) is 10.8 Å². The number of carbonyl (C=O) groups is 3. The largest absolute Gasteiger partial charge is 0.460 e. The maximum atomic E-state index is 13.0. The third-order valence-electron chi connectivity index (χ3n) is 8.57. The first-order valence-electron chi connectivity index (χ1n) is 15.5. The van der Waals surface area contributed by atoms with Crippen LogP contribution in [0.1, 0.15) is 28.4 Å². The van der Waals surface area contributed by atoms with E-state index in [1.807, 2.05) is 73.7 Å². The Balaban J connectivity index is 0.991. The molecule has 2 saturated heterocycles. The number of esters is 1. The summed E-state index contributed by atoms with van der Waals surface area (Å²) in [5.41, 5.74) is 8.92. The van der Waals surface area contributed by atoms with Gasteiger partial charge in [-0.2, -0.15) is 4.99 Å². The fraction of sp³-hybridized carbons (Fsp3) is 0.278. The number of nitrogens with zero attached hydrogens (tertiary/aromatic N) is 4. The molecule has 0 aliphatic carbocycles. The van der Waals surface area contributed by atoms with E-state index in [4.69, 9.17) is 15.2 Å². The molecule has 0 aromatic heterocycles. The maximum absolute atomic E-state index is 13.0. The van der Waals surface area contributed by atoms with Crippen molar-refractivity contribution in [2.45, 2.75) is 25.7 Å². The van der Waals surface area contributed by atoms with Gasteiger partial charge in [-0.3, -0.25) is 24.3 Å². The van der Waals surface area contributed by atoms with Crippen LogP contribution in [0.3, 0.4) is 0 Å². The zero-order valence-electron chi connectivity index (χ0n) is 25.7. The normalized spacial score (nSPS) is 18.4. The Bertz CT molecular complexity index is 1730. The van der Waals surface area contributed by atoms with Gasteiger partial charge < -0.3 is 15.2 Å². The molecule has 2 fully saturated rings. The summed E-state index contributed by atoms with van der Waals surface area (Å²) in [5.74, 6) is -0.542. The lowest BCUT2D eigenvalue weighted by atomic mass is 10.0. The number of cyclic esters (lactones) is 1. The van der Waals surface area contributed by atoms with E-state index < -0.39 is 12.0 Å². The van der Waals surface area contributed by atoms with Crippen molar-refractivity contribution in [2.24, 2.45) is 10.7 Å². The fourth-order valence-corrected chi connectivity index (χ4v) is 5.91. The number of hydrogen-bond acceptors (Lipinski definition) is 7. The van der Waals surface area contributed by atoms with Crippen LogP contribution in [0.5, 0.6) is 0 Å². The number of ether oxygens (including phenoxy) is 2. The molecule has 2 atom stereocenters. The molecule has 2 aliphatic heterocycles. The number of amidine groups is 1. The van der Waals surface area contributed by atoms with Crippen molar-refractivity contribution in [1.29, 1.82) is 0 Å². The molecule has 2 aliphatic rings. The second-order valence-corrected chi connectivity index (χ2v) is 11.6. The van der Waals surface area contributed by atoms with Crippen molar-refractivity contribution < 1.29 is 23.9 Å². The number of aliphatic imine (C=N–C) groups is 1. The van der Waals surface area contributed by atoms with Crippen LogP contribution in [0.4, 0.5) is 10.5 Å². The van der Waals surface area contributed by atoms with E-state index in [1.54, 1.807) is 35.2 Å². The summed E-state index contributed by atoms with van der Waals surface area (Å²) >= 11 is 0. The lowest BCUT2D eigenvalue weighted by Gasteiger charge is -2.37. The van der Waals surface area contributed by atoms with Crippen LogP contribution in [0.15, 0.2) is 102 Å². The minimum Gasteiger partial charge on any atom is -0.460 e. The van der Waals surface area contributed by atoms with Crippen LogP contribution in [0.2, 0.25) is 0 Å². The molecular formula is C36H37N5O5. The predicted octanol–water partition coefficient (Wildman–Crippen LogP) is 4.46. The van der Waals surface area contributed by atoms with Crippen LogP contribution < -0.4 is 10.6 Å². The first kappa shape index (κ1) is 30.9. The second kappa shape index (κ2) is 13.9. The predicted molar refractivity (Wildman–Crippen MR) is 177 cm³/mol. The van der Waals surface area contributed by atoms with Crippen molar-refractivity contribution in [2.75, 3.05) is 44.2 Å². The number of hydrogen-bond donors (Lipinski definition) is 1. The molecule has 46 heavy (non-hydrogen) atoms. The Morgan fingerprint density at radius 2 is 1.61 bits per heavy atom. The Labute approximate surface area is 268 Å². The topological polar surface area (TPSA) is 118 Å². The van der Waals surface area contributed by atoms with Crippen molar-refractivity contribution in [3.05, 3.63) is 114 Å². The molecule has 4 aromatic rings. The molecule has 0 bridgehead atoms. The Hall–Kier alpha value is -5.06. The second-order valence-electron chi connectivity index (χ2n) is 11.6. The Kier molecular flexibility index (Phi) is 9.37. The molecule has 2 N–H and O–H groups in total. The molecule has 236 valence electrons. The molecule has 4 aromatic carbocycles. The Morgan fingerprint density at radius 1 is 0.913 bits per heavy atom. The minimum atomic E-state index is -0.414. The van der Waals surface area contributed by atoms with E-state index in [0.717, 1.165) is 42.5 Å². The van der Waals surface area contributed by atoms with Crippen LogP contribution in [0, 0.1) is 0 Å². The number of piperazine rings is 1. The molecule has 0 radical (unpaired) electrons. The SMILES string of the molecule is CC(C(=O)OCc1ccccc1)N1CCN(CC2CN(c3ccc(C(N)=NC(=O)c4cccc5ccccc45)cc3)C(=O)O2)CC1. The fourth-order valence-electron chi connectivity index (χ4n) is 5.91. The Morgan fingerprint density at radius 3 is 2.37 bits per heavy atom. The smallest absolute Gasteiger partial charge is 0.414 e. The van der Waals surface area contributed by atoms with Gasteiger partial charge in [-0.25, -0.2) is 4.79 Å². The maximum Gasteiger partial charge on any atom is 0.414 e. The summed E-state index contributed by atoms with van der Waals surface area (Å²) in [6, 6.07) is 29.5. The van der Waals surface area contributed by atoms with Crippen LogP contribution in [-0.2, 0) is 20.9 Å². The monoisotopic (exact) mass is 619 g/mol. The van der Waals surface area contributed by atoms with Gasteiger partial charge in [0.05, 0.1) is 6.54 Å². The first-order chi connectivity index (χ1) is 22.4. The van der Waals surface area contributed by atoms with Gasteiger partial charge in [0.15, 0.2) is 0 Å². The van der Waals surface area contributed by atoms with Gasteiger partial charge in [0.2, 0.25) is 0 Å². The highest BCUT2D eigenvalue weighted by atomic mass is 16.6. The van der Waals surface area contributed by atoms with E-state index in [0.29, 0.717) is 29.9 Å². The van der Waals surface area contributed by atoms with Gasteiger partial charge in [0.25, 0.3) is 5.91 Å². The van der Waals surface area contributed by atoms with Crippen LogP contribution >= 0.6 is 0 Å². The number of benzene rings is 4. The highest BCUT2D eigenvalue weighted by Crippen LogP contribution is 2.24. The van der Waals surface area contributed by atoms with E-state index >= 15 is 0 Å². The van der Waals surface area contributed by atoms with E-state index in [1.165, 1.54) is 0 Å². The van der Waals surface area contributed by atoms with Gasteiger partial charge in [-0.05, 0) is 53.6 Å². The summed E-state index contributed by atoms with van der Waals surface area (Å²) in [5, 5.41) is 1.77. The number of carbonyl (C=O) groups excluding carboxylic acids is 3.